The van der Waals surface area contributed by atoms with Crippen molar-refractivity contribution in [2.75, 3.05) is 13.2 Å². The Morgan fingerprint density at radius 3 is 2.31 bits per heavy atom. The number of benzene rings is 2. The number of ether oxygens (including phenoxy) is 1. The Balaban J connectivity index is 1.62. The molecule has 0 aromatic heterocycles. The molecule has 2 aromatic carbocycles. The van der Waals surface area contributed by atoms with E-state index >= 15 is 0 Å². The highest BCUT2D eigenvalue weighted by Gasteiger charge is 2.29. The van der Waals surface area contributed by atoms with Gasteiger partial charge in [-0.25, -0.2) is 0 Å². The SMILES string of the molecule is O=C(COc1ccc(Cl)c(Cl)c1)NCC[C@H](O)CC(=O)NCc1ccc(C(F)(F)F)cc1. The summed E-state index contributed by atoms with van der Waals surface area (Å²) in [6.07, 6.45) is -5.50. The van der Waals surface area contributed by atoms with Crippen LogP contribution >= 0.6 is 23.2 Å². The van der Waals surface area contributed by atoms with Gasteiger partial charge in [-0.1, -0.05) is 35.3 Å². The monoisotopic (exact) mass is 492 g/mol. The molecule has 2 aromatic rings. The Morgan fingerprint density at radius 1 is 1.00 bits per heavy atom. The van der Waals surface area contributed by atoms with Crippen LogP contribution in [0.5, 0.6) is 5.75 Å². The van der Waals surface area contributed by atoms with E-state index in [4.69, 9.17) is 27.9 Å². The van der Waals surface area contributed by atoms with Gasteiger partial charge in [-0.2, -0.15) is 13.2 Å². The molecule has 0 saturated heterocycles. The number of nitrogens with one attached hydrogen (secondary N) is 2. The quantitative estimate of drug-likeness (QED) is 0.468. The lowest BCUT2D eigenvalue weighted by Gasteiger charge is -2.12. The Kier molecular flexibility index (Phi) is 9.61. The maximum atomic E-state index is 12.5. The largest absolute Gasteiger partial charge is 0.484 e. The molecule has 174 valence electrons. The van der Waals surface area contributed by atoms with Gasteiger partial charge in [0, 0.05) is 19.2 Å². The van der Waals surface area contributed by atoms with Crippen molar-refractivity contribution >= 4 is 35.0 Å². The van der Waals surface area contributed by atoms with E-state index < -0.39 is 29.7 Å². The lowest BCUT2D eigenvalue weighted by Crippen LogP contribution is -2.33. The summed E-state index contributed by atoms with van der Waals surface area (Å²) in [6, 6.07) is 8.99. The third-order valence-corrected chi connectivity index (χ3v) is 4.99. The third-order valence-electron chi connectivity index (χ3n) is 4.25. The molecule has 0 unspecified atom stereocenters. The summed E-state index contributed by atoms with van der Waals surface area (Å²) >= 11 is 11.6. The lowest BCUT2D eigenvalue weighted by atomic mass is 10.1. The second-order valence-electron chi connectivity index (χ2n) is 6.83. The van der Waals surface area contributed by atoms with Gasteiger partial charge in [0.15, 0.2) is 6.61 Å². The molecule has 0 fully saturated rings. The minimum absolute atomic E-state index is 0.0342. The van der Waals surface area contributed by atoms with Crippen molar-refractivity contribution in [3.63, 3.8) is 0 Å². The van der Waals surface area contributed by atoms with Gasteiger partial charge < -0.3 is 20.5 Å². The third kappa shape index (κ3) is 8.94. The van der Waals surface area contributed by atoms with Crippen LogP contribution in [0.2, 0.25) is 10.0 Å². The molecule has 2 rings (SSSR count). The van der Waals surface area contributed by atoms with Crippen LogP contribution in [0.3, 0.4) is 0 Å². The summed E-state index contributed by atoms with van der Waals surface area (Å²) in [6.45, 7) is -0.106. The zero-order chi connectivity index (χ0) is 23.7. The van der Waals surface area contributed by atoms with E-state index in [1.807, 2.05) is 0 Å². The standard InChI is InChI=1S/C21H21Cl2F3N2O4/c22-17-6-5-16(10-18(17)23)32-12-20(31)27-8-7-15(29)9-19(30)28-11-13-1-3-14(4-2-13)21(24,25)26/h1-6,10,15,29H,7-9,11-12H2,(H,27,31)(H,28,30)/t15-/m0/s1. The number of alkyl halides is 3. The molecular weight excluding hydrogens is 472 g/mol. The number of amides is 2. The maximum absolute atomic E-state index is 12.5. The summed E-state index contributed by atoms with van der Waals surface area (Å²) in [7, 11) is 0. The first kappa shape index (κ1) is 25.8. The predicted octanol–water partition coefficient (Wildman–Crippen LogP) is 3.96. The highest BCUT2D eigenvalue weighted by molar-refractivity contribution is 6.42. The summed E-state index contributed by atoms with van der Waals surface area (Å²) in [5.74, 6) is -0.513. The van der Waals surface area contributed by atoms with Gasteiger partial charge in [0.05, 0.1) is 28.1 Å². The number of carbonyl (C=O) groups is 2. The van der Waals surface area contributed by atoms with E-state index in [1.165, 1.54) is 24.3 Å². The van der Waals surface area contributed by atoms with Gasteiger partial charge in [0.25, 0.3) is 5.91 Å². The molecule has 32 heavy (non-hydrogen) atoms. The molecule has 1 atom stereocenters. The van der Waals surface area contributed by atoms with E-state index in [2.05, 4.69) is 10.6 Å². The number of hydrogen-bond donors (Lipinski definition) is 3. The number of halogens is 5. The molecule has 6 nitrogen and oxygen atoms in total. The Hall–Kier alpha value is -2.49. The average molecular weight is 493 g/mol. The van der Waals surface area contributed by atoms with Crippen LogP contribution in [0, 0.1) is 0 Å². The average Bonchev–Trinajstić information content (AvgIpc) is 2.72. The number of carbonyl (C=O) groups excluding carboxylic acids is 2. The first-order valence-corrected chi connectivity index (χ1v) is 10.3. The van der Waals surface area contributed by atoms with Gasteiger partial charge in [-0.15, -0.1) is 0 Å². The molecule has 2 amide bonds. The fourth-order valence-corrected chi connectivity index (χ4v) is 2.83. The molecular formula is C21H21Cl2F3N2O4. The zero-order valence-electron chi connectivity index (χ0n) is 16.7. The molecule has 11 heteroatoms. The Morgan fingerprint density at radius 2 is 1.69 bits per heavy atom. The predicted molar refractivity (Wildman–Crippen MR) is 113 cm³/mol. The lowest BCUT2D eigenvalue weighted by molar-refractivity contribution is -0.137. The van der Waals surface area contributed by atoms with E-state index in [-0.39, 0.29) is 32.5 Å². The molecule has 0 bridgehead atoms. The van der Waals surface area contributed by atoms with Crippen molar-refractivity contribution < 1.29 is 32.6 Å². The van der Waals surface area contributed by atoms with Crippen LogP contribution in [0.25, 0.3) is 0 Å². The fourth-order valence-electron chi connectivity index (χ4n) is 2.55. The Bertz CT molecular complexity index is 924. The second-order valence-corrected chi connectivity index (χ2v) is 7.65. The number of aliphatic hydroxyl groups excluding tert-OH is 1. The molecule has 0 aliphatic carbocycles. The van der Waals surface area contributed by atoms with Gasteiger partial charge in [-0.3, -0.25) is 9.59 Å². The van der Waals surface area contributed by atoms with Gasteiger partial charge in [0.1, 0.15) is 5.75 Å². The summed E-state index contributed by atoms with van der Waals surface area (Å²) in [5, 5.41) is 15.7. The molecule has 0 spiro atoms. The summed E-state index contributed by atoms with van der Waals surface area (Å²) in [4.78, 5) is 23.7. The molecule has 0 saturated carbocycles. The molecule has 0 aliphatic rings. The van der Waals surface area contributed by atoms with Crippen molar-refractivity contribution in [2.45, 2.75) is 31.7 Å². The summed E-state index contributed by atoms with van der Waals surface area (Å²) in [5.41, 5.74) is -0.275. The highest BCUT2D eigenvalue weighted by atomic mass is 35.5. The number of aliphatic hydroxyl groups is 1. The van der Waals surface area contributed by atoms with Crippen molar-refractivity contribution in [1.82, 2.24) is 10.6 Å². The minimum atomic E-state index is -4.42. The molecule has 0 heterocycles. The van der Waals surface area contributed by atoms with Gasteiger partial charge >= 0.3 is 6.18 Å². The van der Waals surface area contributed by atoms with Crippen LogP contribution < -0.4 is 15.4 Å². The highest BCUT2D eigenvalue weighted by Crippen LogP contribution is 2.29. The summed E-state index contributed by atoms with van der Waals surface area (Å²) < 4.78 is 42.9. The van der Waals surface area contributed by atoms with Crippen LogP contribution in [-0.4, -0.2) is 36.2 Å². The number of rotatable bonds is 10. The molecule has 0 radical (unpaired) electrons. The Labute approximate surface area is 192 Å². The smallest absolute Gasteiger partial charge is 0.416 e. The zero-order valence-corrected chi connectivity index (χ0v) is 18.2. The van der Waals surface area contributed by atoms with Crippen LogP contribution in [0.15, 0.2) is 42.5 Å². The minimum Gasteiger partial charge on any atom is -0.484 e. The van der Waals surface area contributed by atoms with Crippen LogP contribution in [-0.2, 0) is 22.3 Å². The topological polar surface area (TPSA) is 87.7 Å². The van der Waals surface area contributed by atoms with Crippen LogP contribution in [0.1, 0.15) is 24.0 Å². The molecule has 0 aliphatic heterocycles. The second kappa shape index (κ2) is 11.9. The maximum Gasteiger partial charge on any atom is 0.416 e. The van der Waals surface area contributed by atoms with E-state index in [0.717, 1.165) is 12.1 Å². The van der Waals surface area contributed by atoms with E-state index in [9.17, 15) is 27.9 Å². The normalized spacial score (nSPS) is 12.2. The van der Waals surface area contributed by atoms with Gasteiger partial charge in [-0.05, 0) is 36.2 Å². The van der Waals surface area contributed by atoms with Crippen molar-refractivity contribution in [1.29, 1.82) is 0 Å². The van der Waals surface area contributed by atoms with Gasteiger partial charge in [0.2, 0.25) is 5.91 Å². The van der Waals surface area contributed by atoms with E-state index in [1.54, 1.807) is 6.07 Å². The molecule has 3 N–H and O–H groups in total. The first-order chi connectivity index (χ1) is 15.0. The van der Waals surface area contributed by atoms with Crippen molar-refractivity contribution in [3.8, 4) is 5.75 Å². The fraction of sp³-hybridized carbons (Fsp3) is 0.333. The van der Waals surface area contributed by atoms with Crippen LogP contribution in [0.4, 0.5) is 13.2 Å². The van der Waals surface area contributed by atoms with E-state index in [0.29, 0.717) is 21.4 Å². The number of hydrogen-bond acceptors (Lipinski definition) is 4. The van der Waals surface area contributed by atoms with Crippen molar-refractivity contribution in [2.24, 2.45) is 0 Å². The first-order valence-electron chi connectivity index (χ1n) is 9.50. The van der Waals surface area contributed by atoms with Crippen molar-refractivity contribution in [3.05, 3.63) is 63.6 Å².